The van der Waals surface area contributed by atoms with Gasteiger partial charge in [0, 0.05) is 13.1 Å². The minimum atomic E-state index is -1.56. The van der Waals surface area contributed by atoms with Gasteiger partial charge in [-0.15, -0.1) is 0 Å². The summed E-state index contributed by atoms with van der Waals surface area (Å²) in [5.74, 6) is -6.54. The van der Waals surface area contributed by atoms with Gasteiger partial charge in [-0.3, -0.25) is 43.5 Å². The normalized spacial score (nSPS) is 14.1. The van der Waals surface area contributed by atoms with Crippen LogP contribution in [0.5, 0.6) is 0 Å². The van der Waals surface area contributed by atoms with Crippen LogP contribution >= 0.6 is 0 Å². The van der Waals surface area contributed by atoms with Gasteiger partial charge in [0.25, 0.3) is 0 Å². The Morgan fingerprint density at radius 1 is 0.600 bits per heavy atom. The van der Waals surface area contributed by atoms with E-state index in [1.165, 1.54) is 6.92 Å². The minimum absolute atomic E-state index is 0.0151. The highest BCUT2D eigenvalue weighted by atomic mass is 16.4. The maximum Gasteiger partial charge on any atom is 0.322 e. The summed E-state index contributed by atoms with van der Waals surface area (Å²) in [4.78, 5) is 97.2. The number of carboxylic acid groups (broad SMARTS) is 1. The Bertz CT molecular complexity index is 1320. The summed E-state index contributed by atoms with van der Waals surface area (Å²) in [6, 6.07) is -7.42. The molecule has 0 aromatic heterocycles. The number of carboxylic acids is 1. The van der Waals surface area contributed by atoms with Gasteiger partial charge in [0.1, 0.15) is 36.8 Å². The monoisotopic (exact) mass is 786 g/mol. The largest absolute Gasteiger partial charge is 0.480 e. The smallest absolute Gasteiger partial charge is 0.322 e. The van der Waals surface area contributed by atoms with Crippen LogP contribution in [0.25, 0.3) is 0 Å². The molecule has 6 atom stereocenters. The molecule has 0 fully saturated rings. The molecule has 314 valence electrons. The second kappa shape index (κ2) is 27.3. The summed E-state index contributed by atoms with van der Waals surface area (Å²) >= 11 is 0. The van der Waals surface area contributed by atoms with E-state index in [-0.39, 0.29) is 63.0 Å². The molecule has 55 heavy (non-hydrogen) atoms. The second-order valence-corrected chi connectivity index (χ2v) is 13.2. The third kappa shape index (κ3) is 22.5. The summed E-state index contributed by atoms with van der Waals surface area (Å²) < 4.78 is 0. The fourth-order valence-corrected chi connectivity index (χ4v) is 4.87. The van der Waals surface area contributed by atoms with Gasteiger partial charge in [-0.05, 0) is 64.3 Å². The number of hydrogen-bond acceptors (Lipinski definition) is 12. The fraction of sp³-hybridized carbons (Fsp3) is 0.719. The third-order valence-corrected chi connectivity index (χ3v) is 7.78. The molecule has 0 aliphatic carbocycles. The molecule has 0 rings (SSSR count). The minimum Gasteiger partial charge on any atom is -0.480 e. The van der Waals surface area contributed by atoms with E-state index < -0.39 is 90.8 Å². The second-order valence-electron chi connectivity index (χ2n) is 13.2. The fourth-order valence-electron chi connectivity index (χ4n) is 4.87. The lowest BCUT2D eigenvalue weighted by molar-refractivity contribution is -0.138. The van der Waals surface area contributed by atoms with Crippen LogP contribution in [0, 0.1) is 5.92 Å². The van der Waals surface area contributed by atoms with Crippen molar-refractivity contribution in [2.24, 2.45) is 50.3 Å². The Balaban J connectivity index is 5.95. The SMILES string of the molecule is CC(C)C[C@H](NC(=O)[C@H](CO)NC(=O)[C@H](C)NC(=O)[C@H](CCCN=C(N)N)NC(=O)[C@H](CCCN=C(N)N)NC(=O)[C@@H](N)CCCCN)C(=O)NCC(=O)O. The predicted molar refractivity (Wildman–Crippen MR) is 203 cm³/mol. The molecule has 23 nitrogen and oxygen atoms in total. The highest BCUT2D eigenvalue weighted by Gasteiger charge is 2.31. The lowest BCUT2D eigenvalue weighted by atomic mass is 10.0. The number of carbonyl (C=O) groups excluding carboxylic acids is 6. The molecule has 0 unspecified atom stereocenters. The molecule has 0 bridgehead atoms. The molecule has 0 saturated heterocycles. The average Bonchev–Trinajstić information content (AvgIpc) is 3.10. The maximum atomic E-state index is 13.6. The number of unbranched alkanes of at least 4 members (excludes halogenated alkanes) is 1. The quantitative estimate of drug-likeness (QED) is 0.0200. The van der Waals surface area contributed by atoms with Crippen LogP contribution < -0.4 is 66.3 Å². The Morgan fingerprint density at radius 2 is 1.07 bits per heavy atom. The molecule has 20 N–H and O–H groups in total. The van der Waals surface area contributed by atoms with E-state index in [0.29, 0.717) is 25.8 Å². The van der Waals surface area contributed by atoms with E-state index in [1.807, 2.05) is 0 Å². The molecule has 0 spiro atoms. The van der Waals surface area contributed by atoms with E-state index in [4.69, 9.17) is 39.5 Å². The van der Waals surface area contributed by atoms with Gasteiger partial charge >= 0.3 is 5.97 Å². The summed E-state index contributed by atoms with van der Waals surface area (Å²) in [6.45, 7) is 3.90. The van der Waals surface area contributed by atoms with Gasteiger partial charge in [0.2, 0.25) is 35.4 Å². The van der Waals surface area contributed by atoms with Crippen molar-refractivity contribution in [3.8, 4) is 0 Å². The number of nitrogens with zero attached hydrogens (tertiary/aromatic N) is 2. The van der Waals surface area contributed by atoms with E-state index in [9.17, 15) is 38.7 Å². The van der Waals surface area contributed by atoms with Crippen molar-refractivity contribution in [1.29, 1.82) is 0 Å². The van der Waals surface area contributed by atoms with Crippen molar-refractivity contribution in [2.45, 2.75) is 108 Å². The summed E-state index contributed by atoms with van der Waals surface area (Å²) in [5.41, 5.74) is 33.1. The third-order valence-electron chi connectivity index (χ3n) is 7.78. The zero-order chi connectivity index (χ0) is 42.1. The molecule has 0 aliphatic heterocycles. The molecular weight excluding hydrogens is 724 g/mol. The predicted octanol–water partition coefficient (Wildman–Crippen LogP) is -5.77. The topological polar surface area (TPSA) is 413 Å². The van der Waals surface area contributed by atoms with Crippen LogP contribution in [0.1, 0.15) is 72.1 Å². The van der Waals surface area contributed by atoms with Crippen LogP contribution in [0.4, 0.5) is 0 Å². The van der Waals surface area contributed by atoms with Gasteiger partial charge in [-0.2, -0.15) is 0 Å². The number of aliphatic hydroxyl groups is 1. The summed E-state index contributed by atoms with van der Waals surface area (Å²) in [6.07, 6.45) is 2.20. The van der Waals surface area contributed by atoms with Crippen LogP contribution in [0.3, 0.4) is 0 Å². The molecule has 0 heterocycles. The molecule has 0 aromatic rings. The zero-order valence-electron chi connectivity index (χ0n) is 31.8. The van der Waals surface area contributed by atoms with Crippen molar-refractivity contribution in [3.05, 3.63) is 0 Å². The van der Waals surface area contributed by atoms with Gasteiger partial charge < -0.3 is 76.5 Å². The number of carbonyl (C=O) groups is 7. The Morgan fingerprint density at radius 3 is 1.55 bits per heavy atom. The lowest BCUT2D eigenvalue weighted by Gasteiger charge is -2.26. The van der Waals surface area contributed by atoms with Crippen molar-refractivity contribution in [1.82, 2.24) is 31.9 Å². The molecule has 0 aromatic carbocycles. The molecule has 6 amide bonds. The first-order valence-electron chi connectivity index (χ1n) is 18.0. The standard InChI is InChI=1S/C32H62N14O9/c1-17(2)14-22(27(52)41-15-24(48)49)45-30(55)23(16-47)46-25(50)18(3)42-28(53)20(9-6-12-39-31(35)36)44-29(54)21(10-7-13-40-32(37)38)43-26(51)19(34)8-4-5-11-33/h17-23,47H,4-16,33-34H2,1-3H3,(H,41,52)(H,42,53)(H,43,51)(H,44,54)(H,45,55)(H,46,50)(H,48,49)(H4,35,36,39)(H4,37,38,40)/t18-,19-,20-,21-,22-,23-/m0/s1. The van der Waals surface area contributed by atoms with Crippen LogP contribution in [0.2, 0.25) is 0 Å². The van der Waals surface area contributed by atoms with Gasteiger partial charge in [-0.1, -0.05) is 20.3 Å². The number of nitrogens with two attached hydrogens (primary N) is 6. The molecule has 23 heteroatoms. The summed E-state index contributed by atoms with van der Waals surface area (Å²) in [5, 5.41) is 33.3. The highest BCUT2D eigenvalue weighted by molar-refractivity contribution is 5.96. The number of aliphatic imine (C=N–C) groups is 2. The molecule has 0 saturated carbocycles. The Labute approximate surface area is 320 Å². The molecular formula is C32H62N14O9. The van der Waals surface area contributed by atoms with Crippen molar-refractivity contribution < 1.29 is 43.8 Å². The number of aliphatic carboxylic acids is 1. The van der Waals surface area contributed by atoms with Crippen molar-refractivity contribution in [2.75, 3.05) is 32.8 Å². The number of amides is 6. The first-order chi connectivity index (χ1) is 25.8. The maximum absolute atomic E-state index is 13.6. The number of nitrogens with one attached hydrogen (secondary N) is 6. The molecule has 0 radical (unpaired) electrons. The molecule has 0 aliphatic rings. The van der Waals surface area contributed by atoms with E-state index in [1.54, 1.807) is 13.8 Å². The number of hydrogen-bond donors (Lipinski definition) is 14. The van der Waals surface area contributed by atoms with Crippen LogP contribution in [0.15, 0.2) is 9.98 Å². The van der Waals surface area contributed by atoms with Gasteiger partial charge in [0.05, 0.1) is 12.6 Å². The van der Waals surface area contributed by atoms with Gasteiger partial charge in [-0.25, -0.2) is 0 Å². The number of aliphatic hydroxyl groups excluding tert-OH is 1. The van der Waals surface area contributed by atoms with Crippen molar-refractivity contribution >= 4 is 53.3 Å². The number of rotatable bonds is 28. The van der Waals surface area contributed by atoms with Crippen molar-refractivity contribution in [3.63, 3.8) is 0 Å². The van der Waals surface area contributed by atoms with Gasteiger partial charge in [0.15, 0.2) is 11.9 Å². The van der Waals surface area contributed by atoms with E-state index >= 15 is 0 Å². The lowest BCUT2D eigenvalue weighted by Crippen LogP contribution is -2.59. The van der Waals surface area contributed by atoms with Crippen LogP contribution in [-0.2, 0) is 33.6 Å². The average molecular weight is 787 g/mol. The first-order valence-corrected chi connectivity index (χ1v) is 18.0. The first kappa shape index (κ1) is 49.7. The zero-order valence-corrected chi connectivity index (χ0v) is 31.8. The van der Waals surface area contributed by atoms with E-state index in [2.05, 4.69) is 41.9 Å². The Kier molecular flexibility index (Phi) is 24.7. The van der Waals surface area contributed by atoms with Crippen LogP contribution in [-0.4, -0.2) is 133 Å². The number of guanidine groups is 2. The van der Waals surface area contributed by atoms with E-state index in [0.717, 1.165) is 0 Å². The Hall–Kier alpha value is -5.29. The highest BCUT2D eigenvalue weighted by Crippen LogP contribution is 2.08. The summed E-state index contributed by atoms with van der Waals surface area (Å²) in [7, 11) is 0.